The van der Waals surface area contributed by atoms with Crippen LogP contribution in [0.25, 0.3) is 0 Å². The van der Waals surface area contributed by atoms with Gasteiger partial charge in [0.15, 0.2) is 6.61 Å². The van der Waals surface area contributed by atoms with E-state index in [1.165, 1.54) is 0 Å². The summed E-state index contributed by atoms with van der Waals surface area (Å²) in [5.74, 6) is 1.04. The van der Waals surface area contributed by atoms with Crippen molar-refractivity contribution >= 4 is 12.1 Å². The number of fused-ring (bicyclic) bond motifs is 3. The molecule has 1 N–H and O–H groups in total. The van der Waals surface area contributed by atoms with E-state index >= 15 is 0 Å². The first-order valence-corrected chi connectivity index (χ1v) is 11.1. The number of esters is 1. The number of ether oxygens (including phenoxy) is 4. The Morgan fingerprint density at radius 3 is 2.41 bits per heavy atom. The van der Waals surface area contributed by atoms with Gasteiger partial charge >= 0.3 is 12.1 Å². The van der Waals surface area contributed by atoms with Gasteiger partial charge in [0.25, 0.3) is 0 Å². The smallest absolute Gasteiger partial charge is 0.407 e. The van der Waals surface area contributed by atoms with Crippen molar-refractivity contribution < 1.29 is 28.5 Å². The number of carbonyl (C=O) groups excluding carboxylic acids is 2. The molecule has 0 unspecified atom stereocenters. The first-order valence-electron chi connectivity index (χ1n) is 11.1. The third-order valence-electron chi connectivity index (χ3n) is 6.35. The van der Waals surface area contributed by atoms with E-state index in [1.54, 1.807) is 6.92 Å². The zero-order valence-corrected chi connectivity index (χ0v) is 18.3. The molecule has 1 saturated carbocycles. The fraction of sp³-hybridized carbons (Fsp3) is 0.440. The predicted octanol–water partition coefficient (Wildman–Crippen LogP) is 4.55. The molecule has 1 aliphatic carbocycles. The van der Waals surface area contributed by atoms with E-state index in [-0.39, 0.29) is 24.2 Å². The molecule has 2 bridgehead atoms. The number of benzene rings is 2. The predicted molar refractivity (Wildman–Crippen MR) is 117 cm³/mol. The van der Waals surface area contributed by atoms with Gasteiger partial charge in [0.05, 0.1) is 18.8 Å². The highest BCUT2D eigenvalue weighted by Crippen LogP contribution is 2.53. The van der Waals surface area contributed by atoms with Gasteiger partial charge in [-0.25, -0.2) is 9.59 Å². The summed E-state index contributed by atoms with van der Waals surface area (Å²) in [5.41, 5.74) is 0.700. The summed E-state index contributed by atoms with van der Waals surface area (Å²) >= 11 is 0. The van der Waals surface area contributed by atoms with E-state index in [9.17, 15) is 9.59 Å². The third kappa shape index (κ3) is 5.05. The second kappa shape index (κ2) is 9.61. The van der Waals surface area contributed by atoms with Gasteiger partial charge in [-0.3, -0.25) is 0 Å². The molecular formula is C25H29NO6. The summed E-state index contributed by atoms with van der Waals surface area (Å²) in [6, 6.07) is 17.8. The Morgan fingerprint density at radius 2 is 1.72 bits per heavy atom. The Labute approximate surface area is 188 Å². The number of para-hydroxylation sites is 1. The van der Waals surface area contributed by atoms with Crippen molar-refractivity contribution in [2.75, 3.05) is 26.4 Å². The maximum Gasteiger partial charge on any atom is 0.407 e. The average Bonchev–Trinajstić information content (AvgIpc) is 2.84. The maximum absolute atomic E-state index is 11.9. The molecule has 7 heteroatoms. The number of hydrogen-bond acceptors (Lipinski definition) is 6. The zero-order valence-electron chi connectivity index (χ0n) is 18.3. The molecule has 0 radical (unpaired) electrons. The Bertz CT molecular complexity index is 920. The Kier molecular flexibility index (Phi) is 6.65. The minimum Gasteiger partial charge on any atom is -0.463 e. The van der Waals surface area contributed by atoms with Crippen molar-refractivity contribution in [2.24, 2.45) is 5.41 Å². The van der Waals surface area contributed by atoms with Crippen molar-refractivity contribution in [3.05, 3.63) is 60.2 Å². The summed E-state index contributed by atoms with van der Waals surface area (Å²) in [6.07, 6.45) is 3.02. The molecule has 0 spiro atoms. The number of carbonyl (C=O) groups is 2. The van der Waals surface area contributed by atoms with E-state index in [2.05, 4.69) is 17.4 Å². The standard InChI is InChI=1S/C25H29NO6/c1-2-29-22(27)16-30-23(28)26-17-24-11-13-25(14-12-24,31-18-24)19-7-6-10-21(15-19)32-20-8-4-3-5-9-20/h3-10,15H,2,11-14,16-18H2,1H3,(H,26,28). The molecule has 1 amide bonds. The molecule has 5 rings (SSSR count). The van der Waals surface area contributed by atoms with Gasteiger partial charge in [-0.2, -0.15) is 0 Å². The summed E-state index contributed by atoms with van der Waals surface area (Å²) in [5, 5.41) is 2.79. The van der Waals surface area contributed by atoms with E-state index < -0.39 is 12.1 Å². The van der Waals surface area contributed by atoms with E-state index in [1.807, 2.05) is 42.5 Å². The molecule has 3 fully saturated rings. The topological polar surface area (TPSA) is 83.1 Å². The van der Waals surface area contributed by atoms with Crippen LogP contribution in [0.15, 0.2) is 54.6 Å². The van der Waals surface area contributed by atoms with Crippen LogP contribution in [0.3, 0.4) is 0 Å². The maximum atomic E-state index is 11.9. The van der Waals surface area contributed by atoms with Crippen LogP contribution < -0.4 is 10.1 Å². The lowest BCUT2D eigenvalue weighted by molar-refractivity contribution is -0.187. The molecule has 7 nitrogen and oxygen atoms in total. The molecule has 2 heterocycles. The third-order valence-corrected chi connectivity index (χ3v) is 6.35. The van der Waals surface area contributed by atoms with Gasteiger partial charge < -0.3 is 24.3 Å². The van der Waals surface area contributed by atoms with Crippen LogP contribution in [-0.4, -0.2) is 38.4 Å². The number of amides is 1. The lowest BCUT2D eigenvalue weighted by Crippen LogP contribution is -2.53. The molecule has 32 heavy (non-hydrogen) atoms. The quantitative estimate of drug-likeness (QED) is 0.608. The zero-order chi connectivity index (χ0) is 22.4. The van der Waals surface area contributed by atoms with Gasteiger partial charge in [-0.1, -0.05) is 30.3 Å². The van der Waals surface area contributed by atoms with Gasteiger partial charge in [0.2, 0.25) is 0 Å². The van der Waals surface area contributed by atoms with Gasteiger partial charge in [-0.05, 0) is 62.4 Å². The molecule has 3 aliphatic rings. The van der Waals surface area contributed by atoms with Crippen LogP contribution in [0, 0.1) is 5.41 Å². The second-order valence-electron chi connectivity index (χ2n) is 8.46. The normalized spacial score (nSPS) is 23.9. The highest BCUT2D eigenvalue weighted by molar-refractivity contribution is 5.75. The minimum absolute atomic E-state index is 0.108. The lowest BCUT2D eigenvalue weighted by Gasteiger charge is -2.53. The summed E-state index contributed by atoms with van der Waals surface area (Å²) in [7, 11) is 0. The Morgan fingerprint density at radius 1 is 0.969 bits per heavy atom. The second-order valence-corrected chi connectivity index (χ2v) is 8.46. The van der Waals surface area contributed by atoms with Crippen molar-refractivity contribution in [3.8, 4) is 11.5 Å². The monoisotopic (exact) mass is 439 g/mol. The fourth-order valence-electron chi connectivity index (χ4n) is 4.47. The van der Waals surface area contributed by atoms with Crippen LogP contribution in [-0.2, 0) is 24.6 Å². The summed E-state index contributed by atoms with van der Waals surface area (Å²) in [6.45, 7) is 2.60. The van der Waals surface area contributed by atoms with Crippen LogP contribution in [0.2, 0.25) is 0 Å². The molecule has 2 aromatic carbocycles. The van der Waals surface area contributed by atoms with Gasteiger partial charge in [0, 0.05) is 12.0 Å². The Hall–Kier alpha value is -3.06. The van der Waals surface area contributed by atoms with E-state index in [0.717, 1.165) is 42.7 Å². The van der Waals surface area contributed by atoms with Crippen LogP contribution in [0.5, 0.6) is 11.5 Å². The number of rotatable bonds is 8. The molecular weight excluding hydrogens is 410 g/mol. The van der Waals surface area contributed by atoms with Crippen molar-refractivity contribution in [1.82, 2.24) is 5.32 Å². The number of hydrogen-bond donors (Lipinski definition) is 1. The van der Waals surface area contributed by atoms with E-state index in [0.29, 0.717) is 13.2 Å². The first kappa shape index (κ1) is 22.1. The molecule has 2 aromatic rings. The fourth-order valence-corrected chi connectivity index (χ4v) is 4.47. The molecule has 2 aliphatic heterocycles. The summed E-state index contributed by atoms with van der Waals surface area (Å²) < 4.78 is 22.1. The van der Waals surface area contributed by atoms with Crippen molar-refractivity contribution in [2.45, 2.75) is 38.2 Å². The minimum atomic E-state index is -0.611. The number of alkyl carbamates (subject to hydrolysis) is 1. The van der Waals surface area contributed by atoms with Crippen LogP contribution in [0.4, 0.5) is 4.79 Å². The van der Waals surface area contributed by atoms with Gasteiger partial charge in [0.1, 0.15) is 11.5 Å². The van der Waals surface area contributed by atoms with Crippen molar-refractivity contribution in [3.63, 3.8) is 0 Å². The molecule has 0 atom stereocenters. The average molecular weight is 440 g/mol. The number of nitrogens with one attached hydrogen (secondary N) is 1. The SMILES string of the molecule is CCOC(=O)COC(=O)NCC12CCC(c3cccc(Oc4ccccc4)c3)(CC1)OC2. The van der Waals surface area contributed by atoms with Gasteiger partial charge in [-0.15, -0.1) is 0 Å². The van der Waals surface area contributed by atoms with E-state index in [4.69, 9.17) is 18.9 Å². The van der Waals surface area contributed by atoms with Crippen LogP contribution in [0.1, 0.15) is 38.2 Å². The largest absolute Gasteiger partial charge is 0.463 e. The van der Waals surface area contributed by atoms with Crippen molar-refractivity contribution in [1.29, 1.82) is 0 Å². The summed E-state index contributed by atoms with van der Waals surface area (Å²) in [4.78, 5) is 23.3. The first-order chi connectivity index (χ1) is 15.5. The van der Waals surface area contributed by atoms with Crippen LogP contribution >= 0.6 is 0 Å². The molecule has 170 valence electrons. The lowest BCUT2D eigenvalue weighted by atomic mass is 9.64. The highest BCUT2D eigenvalue weighted by Gasteiger charge is 2.50. The highest BCUT2D eigenvalue weighted by atomic mass is 16.6. The molecule has 2 saturated heterocycles. The Balaban J connectivity index is 1.32. The molecule has 0 aromatic heterocycles.